The Morgan fingerprint density at radius 2 is 2.06 bits per heavy atom. The Morgan fingerprint density at radius 3 is 2.56 bits per heavy atom. The minimum absolute atomic E-state index is 0.0199. The molecule has 0 bridgehead atoms. The summed E-state index contributed by atoms with van der Waals surface area (Å²) in [4.78, 5) is 0.164. The van der Waals surface area contributed by atoms with E-state index in [1.54, 1.807) is 19.1 Å². The lowest BCUT2D eigenvalue weighted by molar-refractivity contribution is 0.314. The molecule has 1 aromatic rings. The quantitative estimate of drug-likeness (QED) is 0.324. The van der Waals surface area contributed by atoms with Gasteiger partial charge in [-0.25, -0.2) is 13.1 Å². The van der Waals surface area contributed by atoms with Crippen LogP contribution in [0.2, 0.25) is 0 Å². The van der Waals surface area contributed by atoms with Gasteiger partial charge in [-0.3, -0.25) is 0 Å². The first-order valence-electron chi connectivity index (χ1n) is 5.09. The van der Waals surface area contributed by atoms with Gasteiger partial charge in [-0.05, 0) is 24.3 Å². The van der Waals surface area contributed by atoms with E-state index in [9.17, 15) is 8.42 Å². The number of nitrogens with one attached hydrogen (secondary N) is 1. The Labute approximate surface area is 114 Å². The highest BCUT2D eigenvalue weighted by atomic mass is 79.9. The fraction of sp³-hybridized carbons (Fsp3) is 0.300. The second kappa shape index (κ2) is 6.17. The van der Waals surface area contributed by atoms with Gasteiger partial charge in [0.05, 0.1) is 4.90 Å². The van der Waals surface area contributed by atoms with Crippen molar-refractivity contribution in [2.75, 3.05) is 6.54 Å². The third-order valence-corrected chi connectivity index (χ3v) is 4.29. The topological polar surface area (TPSA) is 105 Å². The van der Waals surface area contributed by atoms with Crippen molar-refractivity contribution in [2.45, 2.75) is 11.8 Å². The summed E-state index contributed by atoms with van der Waals surface area (Å²) in [6.07, 6.45) is 0. The molecule has 0 spiro atoms. The van der Waals surface area contributed by atoms with Crippen molar-refractivity contribution < 1.29 is 13.6 Å². The maximum absolute atomic E-state index is 11.9. The van der Waals surface area contributed by atoms with Gasteiger partial charge in [-0.2, -0.15) is 0 Å². The summed E-state index contributed by atoms with van der Waals surface area (Å²) in [5.41, 5.74) is 5.36. The van der Waals surface area contributed by atoms with Crippen molar-refractivity contribution in [1.29, 1.82) is 0 Å². The van der Waals surface area contributed by atoms with Crippen molar-refractivity contribution in [3.8, 4) is 0 Å². The largest absolute Gasteiger partial charge is 0.409 e. The number of rotatable bonds is 5. The van der Waals surface area contributed by atoms with Gasteiger partial charge in [0.15, 0.2) is 0 Å². The molecule has 0 amide bonds. The van der Waals surface area contributed by atoms with E-state index in [2.05, 4.69) is 25.8 Å². The Balaban J connectivity index is 2.74. The van der Waals surface area contributed by atoms with E-state index in [1.807, 2.05) is 0 Å². The normalized spacial score (nSPS) is 14.4. The summed E-state index contributed by atoms with van der Waals surface area (Å²) < 4.78 is 27.0. The number of amidine groups is 1. The van der Waals surface area contributed by atoms with Crippen LogP contribution in [0.15, 0.2) is 38.8 Å². The first-order chi connectivity index (χ1) is 8.36. The number of hydrogen-bond acceptors (Lipinski definition) is 4. The van der Waals surface area contributed by atoms with Crippen LogP contribution in [-0.4, -0.2) is 26.0 Å². The second-order valence-electron chi connectivity index (χ2n) is 3.73. The Bertz CT molecular complexity index is 528. The predicted molar refractivity (Wildman–Crippen MR) is 71.9 cm³/mol. The highest BCUT2D eigenvalue weighted by molar-refractivity contribution is 9.10. The van der Waals surface area contributed by atoms with E-state index in [4.69, 9.17) is 10.9 Å². The van der Waals surface area contributed by atoms with Gasteiger partial charge < -0.3 is 10.9 Å². The van der Waals surface area contributed by atoms with E-state index in [0.29, 0.717) is 0 Å². The number of hydrogen-bond donors (Lipinski definition) is 3. The SMILES string of the molecule is CC(CNS(=O)(=O)c1ccc(Br)cc1)C(N)=NO. The molecule has 1 atom stereocenters. The van der Waals surface area contributed by atoms with Crippen LogP contribution in [0.5, 0.6) is 0 Å². The first-order valence-corrected chi connectivity index (χ1v) is 7.37. The average molecular weight is 336 g/mol. The fourth-order valence-corrected chi connectivity index (χ4v) is 2.53. The molecule has 1 aromatic carbocycles. The molecule has 0 aromatic heterocycles. The van der Waals surface area contributed by atoms with E-state index in [-0.39, 0.29) is 23.2 Å². The average Bonchev–Trinajstić information content (AvgIpc) is 2.35. The van der Waals surface area contributed by atoms with E-state index in [1.165, 1.54) is 12.1 Å². The maximum Gasteiger partial charge on any atom is 0.240 e. The maximum atomic E-state index is 11.9. The van der Waals surface area contributed by atoms with Crippen LogP contribution in [0.25, 0.3) is 0 Å². The van der Waals surface area contributed by atoms with Crippen LogP contribution in [-0.2, 0) is 10.0 Å². The molecule has 0 radical (unpaired) electrons. The Kier molecular flexibility index (Phi) is 5.12. The van der Waals surface area contributed by atoms with Crippen LogP contribution in [0.3, 0.4) is 0 Å². The predicted octanol–water partition coefficient (Wildman–Crippen LogP) is 1.11. The van der Waals surface area contributed by atoms with Gasteiger partial charge in [-0.15, -0.1) is 0 Å². The number of sulfonamides is 1. The molecule has 100 valence electrons. The molecule has 1 unspecified atom stereocenters. The monoisotopic (exact) mass is 335 g/mol. The second-order valence-corrected chi connectivity index (χ2v) is 6.41. The molecular weight excluding hydrogens is 322 g/mol. The van der Waals surface area contributed by atoms with Crippen molar-refractivity contribution in [3.63, 3.8) is 0 Å². The summed E-state index contributed by atoms with van der Waals surface area (Å²) in [6.45, 7) is 1.72. The fourth-order valence-electron chi connectivity index (χ4n) is 1.13. The van der Waals surface area contributed by atoms with Gasteiger partial charge in [0, 0.05) is 16.9 Å². The number of nitrogens with two attached hydrogens (primary N) is 1. The van der Waals surface area contributed by atoms with E-state index >= 15 is 0 Å². The highest BCUT2D eigenvalue weighted by Gasteiger charge is 2.16. The van der Waals surface area contributed by atoms with Gasteiger partial charge in [0.1, 0.15) is 5.84 Å². The molecular formula is C10H14BrN3O3S. The summed E-state index contributed by atoms with van der Waals surface area (Å²) in [5, 5.41) is 11.3. The molecule has 0 aliphatic heterocycles. The van der Waals surface area contributed by atoms with Gasteiger partial charge in [0.2, 0.25) is 10.0 Å². The lowest BCUT2D eigenvalue weighted by atomic mass is 10.2. The minimum Gasteiger partial charge on any atom is -0.409 e. The molecule has 0 heterocycles. The zero-order valence-corrected chi connectivity index (χ0v) is 12.1. The highest BCUT2D eigenvalue weighted by Crippen LogP contribution is 2.14. The molecule has 1 rings (SSSR count). The zero-order chi connectivity index (χ0) is 13.8. The van der Waals surface area contributed by atoms with Crippen LogP contribution >= 0.6 is 15.9 Å². The third kappa shape index (κ3) is 3.97. The smallest absolute Gasteiger partial charge is 0.240 e. The first kappa shape index (κ1) is 14.9. The summed E-state index contributed by atoms with van der Waals surface area (Å²) >= 11 is 3.23. The standard InChI is InChI=1S/C10H14BrN3O3S/c1-7(10(12)14-15)6-13-18(16,17)9-4-2-8(11)3-5-9/h2-5,7,13,15H,6H2,1H3,(H2,12,14). The molecule has 0 aliphatic carbocycles. The lowest BCUT2D eigenvalue weighted by Crippen LogP contribution is -2.34. The van der Waals surface area contributed by atoms with E-state index < -0.39 is 10.0 Å². The summed E-state index contributed by atoms with van der Waals surface area (Å²) in [7, 11) is -3.58. The van der Waals surface area contributed by atoms with Crippen molar-refractivity contribution >= 4 is 31.8 Å². The van der Waals surface area contributed by atoms with Crippen LogP contribution in [0, 0.1) is 5.92 Å². The molecule has 0 aliphatic rings. The zero-order valence-electron chi connectivity index (χ0n) is 9.67. The van der Waals surface area contributed by atoms with Crippen LogP contribution in [0.4, 0.5) is 0 Å². The number of oxime groups is 1. The molecule has 18 heavy (non-hydrogen) atoms. The molecule has 8 heteroatoms. The Morgan fingerprint density at radius 1 is 1.50 bits per heavy atom. The lowest BCUT2D eigenvalue weighted by Gasteiger charge is -2.11. The van der Waals surface area contributed by atoms with Gasteiger partial charge in [-0.1, -0.05) is 28.0 Å². The number of benzene rings is 1. The van der Waals surface area contributed by atoms with Crippen LogP contribution in [0.1, 0.15) is 6.92 Å². The summed E-state index contributed by atoms with van der Waals surface area (Å²) in [5.74, 6) is -0.409. The summed E-state index contributed by atoms with van der Waals surface area (Å²) in [6, 6.07) is 6.25. The molecule has 0 saturated carbocycles. The minimum atomic E-state index is -3.58. The van der Waals surface area contributed by atoms with E-state index in [0.717, 1.165) is 4.47 Å². The van der Waals surface area contributed by atoms with Gasteiger partial charge in [0.25, 0.3) is 0 Å². The van der Waals surface area contributed by atoms with Crippen LogP contribution < -0.4 is 10.5 Å². The number of nitrogens with zero attached hydrogens (tertiary/aromatic N) is 1. The van der Waals surface area contributed by atoms with Crippen molar-refractivity contribution in [2.24, 2.45) is 16.8 Å². The molecule has 0 fully saturated rings. The Hall–Kier alpha value is -1.12. The van der Waals surface area contributed by atoms with Crippen molar-refractivity contribution in [3.05, 3.63) is 28.7 Å². The molecule has 6 nitrogen and oxygen atoms in total. The molecule has 4 N–H and O–H groups in total. The van der Waals surface area contributed by atoms with Gasteiger partial charge >= 0.3 is 0 Å². The van der Waals surface area contributed by atoms with Crippen molar-refractivity contribution in [1.82, 2.24) is 4.72 Å². The third-order valence-electron chi connectivity index (χ3n) is 2.32. The molecule has 0 saturated heterocycles. The number of halogens is 1.